The molecule has 0 bridgehead atoms. The molecule has 0 fully saturated rings. The van der Waals surface area contributed by atoms with Crippen LogP contribution in [0.25, 0.3) is 21.8 Å². The van der Waals surface area contributed by atoms with Gasteiger partial charge in [-0.2, -0.15) is 0 Å². The van der Waals surface area contributed by atoms with Gasteiger partial charge in [-0.3, -0.25) is 0 Å². The minimum Gasteiger partial charge on any atom is -0.443 e. The second-order valence-electron chi connectivity index (χ2n) is 18.0. The van der Waals surface area contributed by atoms with Gasteiger partial charge in [-0.05, 0) is 55.1 Å². The Bertz CT molecular complexity index is 1380. The summed E-state index contributed by atoms with van der Waals surface area (Å²) in [5.74, 6) is 0. The van der Waals surface area contributed by atoms with Crippen molar-refractivity contribution < 1.29 is 9.53 Å². The lowest BCUT2D eigenvalue weighted by Crippen LogP contribution is -2.53. The third kappa shape index (κ3) is 9.57. The maximum Gasteiger partial charge on any atom is 0.419 e. The summed E-state index contributed by atoms with van der Waals surface area (Å²) < 4.78 is 8.18. The number of ether oxygens (including phenoxy) is 1. The first-order valence-corrected chi connectivity index (χ1v) is 25.6. The van der Waals surface area contributed by atoms with Gasteiger partial charge in [0.25, 0.3) is 0 Å². The smallest absolute Gasteiger partial charge is 0.419 e. The fourth-order valence-electron chi connectivity index (χ4n) is 9.61. The number of unbranched alkanes of at least 4 members (excludes halogenated alkanes) is 10. The van der Waals surface area contributed by atoms with Crippen molar-refractivity contribution >= 4 is 54.4 Å². The highest BCUT2D eigenvalue weighted by Gasteiger charge is 2.43. The Labute approximate surface area is 310 Å². The van der Waals surface area contributed by atoms with Gasteiger partial charge >= 0.3 is 6.09 Å². The Morgan fingerprint density at radius 2 is 0.920 bits per heavy atom. The van der Waals surface area contributed by atoms with Crippen LogP contribution in [-0.4, -0.2) is 32.4 Å². The van der Waals surface area contributed by atoms with Gasteiger partial charge in [0.05, 0.1) is 27.2 Å². The summed E-state index contributed by atoms with van der Waals surface area (Å²) in [7, 11) is -3.84. The summed E-state index contributed by atoms with van der Waals surface area (Å²) in [5.41, 5.74) is 3.96. The number of hydrogen-bond donors (Lipinski definition) is 0. The lowest BCUT2D eigenvalue weighted by Gasteiger charge is -2.40. The largest absolute Gasteiger partial charge is 0.443 e. The zero-order valence-electron chi connectivity index (χ0n) is 34.9. The molecular formula is C45H77NO2Si2. The molecule has 5 heteroatoms. The van der Waals surface area contributed by atoms with Crippen molar-refractivity contribution in [3.63, 3.8) is 0 Å². The maximum absolute atomic E-state index is 14.4. The minimum atomic E-state index is -1.92. The fourth-order valence-corrected chi connectivity index (χ4v) is 21.1. The molecule has 3 aromatic rings. The van der Waals surface area contributed by atoms with Crippen molar-refractivity contribution in [2.24, 2.45) is 0 Å². The van der Waals surface area contributed by atoms with Crippen LogP contribution in [-0.2, 0) is 4.74 Å². The third-order valence-electron chi connectivity index (χ3n) is 12.4. The summed E-state index contributed by atoms with van der Waals surface area (Å²) in [6.07, 6.45) is 15.7. The number of aromatic nitrogens is 1. The van der Waals surface area contributed by atoms with Crippen LogP contribution in [0.5, 0.6) is 0 Å². The molecule has 0 spiro atoms. The number of hydrogen-bond acceptors (Lipinski definition) is 2. The number of nitrogens with zero attached hydrogens (tertiary/aromatic N) is 1. The van der Waals surface area contributed by atoms with Gasteiger partial charge in [-0.1, -0.05) is 193 Å². The standard InChI is InChI=1S/C45H77NO2Si2/c1-14-16-18-20-22-24-30-49(34(3)4,35(5)6)38-26-28-40-41-29-27-39(33-43(41)46(42(40)32-38)44(47)48-45(11,12)13)50(36(7)8,37(9)10)31-25-23-21-19-17-15-2/h26-29,32-37H,14-25,30-31H2,1-13H3. The highest BCUT2D eigenvalue weighted by molar-refractivity contribution is 6.94. The molecular weight excluding hydrogens is 643 g/mol. The first kappa shape index (κ1) is 42.6. The summed E-state index contributed by atoms with van der Waals surface area (Å²) >= 11 is 0. The third-order valence-corrected chi connectivity index (χ3v) is 25.8. The van der Waals surface area contributed by atoms with E-state index in [1.54, 1.807) is 0 Å². The Balaban J connectivity index is 2.24. The summed E-state index contributed by atoms with van der Waals surface area (Å²) in [4.78, 5) is 14.4. The monoisotopic (exact) mass is 720 g/mol. The molecule has 1 heterocycles. The van der Waals surface area contributed by atoms with E-state index in [1.807, 2.05) is 25.3 Å². The zero-order chi connectivity index (χ0) is 37.3. The van der Waals surface area contributed by atoms with E-state index in [-0.39, 0.29) is 6.09 Å². The fraction of sp³-hybridized carbons (Fsp3) is 0.711. The van der Waals surface area contributed by atoms with Crippen LogP contribution < -0.4 is 10.4 Å². The minimum absolute atomic E-state index is 0.249. The molecule has 282 valence electrons. The van der Waals surface area contributed by atoms with Crippen molar-refractivity contribution in [2.75, 3.05) is 0 Å². The van der Waals surface area contributed by atoms with Crippen LogP contribution in [0.2, 0.25) is 34.3 Å². The van der Waals surface area contributed by atoms with E-state index < -0.39 is 21.7 Å². The summed E-state index contributed by atoms with van der Waals surface area (Å²) in [5, 5.41) is 5.36. The van der Waals surface area contributed by atoms with Crippen LogP contribution in [0.1, 0.15) is 167 Å². The molecule has 0 aliphatic heterocycles. The van der Waals surface area contributed by atoms with Crippen LogP contribution in [0, 0.1) is 0 Å². The molecule has 3 rings (SSSR count). The second kappa shape index (κ2) is 18.8. The topological polar surface area (TPSA) is 31.2 Å². The Morgan fingerprint density at radius 1 is 0.580 bits per heavy atom. The quantitative estimate of drug-likeness (QED) is 0.0860. The molecule has 0 aliphatic rings. The van der Waals surface area contributed by atoms with Crippen LogP contribution in [0.3, 0.4) is 0 Å². The van der Waals surface area contributed by atoms with E-state index in [0.717, 1.165) is 11.0 Å². The van der Waals surface area contributed by atoms with Crippen LogP contribution in [0.15, 0.2) is 36.4 Å². The van der Waals surface area contributed by atoms with Gasteiger partial charge in [0.2, 0.25) is 0 Å². The molecule has 0 radical (unpaired) electrons. The predicted molar refractivity (Wildman–Crippen MR) is 229 cm³/mol. The summed E-state index contributed by atoms with van der Waals surface area (Å²) in [6, 6.07) is 17.1. The maximum atomic E-state index is 14.4. The molecule has 2 aromatic carbocycles. The molecule has 0 atom stereocenters. The van der Waals surface area contributed by atoms with Crippen molar-refractivity contribution in [3.05, 3.63) is 36.4 Å². The summed E-state index contributed by atoms with van der Waals surface area (Å²) in [6.45, 7) is 30.3. The number of rotatable bonds is 20. The highest BCUT2D eigenvalue weighted by atomic mass is 28.3. The molecule has 0 N–H and O–H groups in total. The van der Waals surface area contributed by atoms with E-state index in [9.17, 15) is 4.79 Å². The van der Waals surface area contributed by atoms with Gasteiger partial charge in [0.15, 0.2) is 0 Å². The van der Waals surface area contributed by atoms with Crippen LogP contribution in [0.4, 0.5) is 4.79 Å². The van der Waals surface area contributed by atoms with Crippen molar-refractivity contribution in [2.45, 2.75) is 207 Å². The van der Waals surface area contributed by atoms with E-state index in [4.69, 9.17) is 4.74 Å². The Morgan fingerprint density at radius 3 is 1.24 bits per heavy atom. The highest BCUT2D eigenvalue weighted by Crippen LogP contribution is 2.41. The van der Waals surface area contributed by atoms with Gasteiger partial charge < -0.3 is 4.74 Å². The van der Waals surface area contributed by atoms with Gasteiger partial charge in [-0.15, -0.1) is 0 Å². The van der Waals surface area contributed by atoms with Gasteiger partial charge in [-0.25, -0.2) is 9.36 Å². The predicted octanol–water partition coefficient (Wildman–Crippen LogP) is 14.3. The van der Waals surface area contributed by atoms with Crippen LogP contribution >= 0.6 is 0 Å². The first-order valence-electron chi connectivity index (χ1n) is 20.9. The lowest BCUT2D eigenvalue weighted by atomic mass is 10.1. The van der Waals surface area contributed by atoms with Crippen molar-refractivity contribution in [1.82, 2.24) is 4.57 Å². The molecule has 0 amide bonds. The molecule has 1 aromatic heterocycles. The SMILES string of the molecule is CCCCCCCC[Si](c1ccc2c3ccc([Si](CCCCCCCC)(C(C)C)C(C)C)cc3n(C(=O)OC(C)(C)C)c2c1)(C(C)C)C(C)C. The zero-order valence-corrected chi connectivity index (χ0v) is 36.9. The second-order valence-corrected chi connectivity index (χ2v) is 28.9. The Kier molecular flexibility index (Phi) is 16.0. The normalized spacial score (nSPS) is 13.2. The van der Waals surface area contributed by atoms with E-state index in [0.29, 0.717) is 22.2 Å². The molecule has 0 aliphatic carbocycles. The molecule has 3 nitrogen and oxygen atoms in total. The Hall–Kier alpha value is -1.86. The number of fused-ring (bicyclic) bond motifs is 3. The number of carbonyl (C=O) groups is 1. The van der Waals surface area contributed by atoms with Crippen molar-refractivity contribution in [1.29, 1.82) is 0 Å². The lowest BCUT2D eigenvalue weighted by molar-refractivity contribution is 0.0551. The first-order chi connectivity index (χ1) is 23.6. The van der Waals surface area contributed by atoms with E-state index in [1.165, 1.54) is 110 Å². The average molecular weight is 720 g/mol. The molecule has 0 saturated heterocycles. The average Bonchev–Trinajstić information content (AvgIpc) is 3.36. The molecule has 0 saturated carbocycles. The molecule has 50 heavy (non-hydrogen) atoms. The van der Waals surface area contributed by atoms with Gasteiger partial charge in [0, 0.05) is 10.8 Å². The number of carbonyl (C=O) groups excluding carboxylic acids is 1. The van der Waals surface area contributed by atoms with E-state index >= 15 is 0 Å². The van der Waals surface area contributed by atoms with Gasteiger partial charge in [0.1, 0.15) is 5.60 Å². The van der Waals surface area contributed by atoms with E-state index in [2.05, 4.69) is 106 Å². The number of benzene rings is 2. The molecule has 0 unspecified atom stereocenters. The van der Waals surface area contributed by atoms with Crippen molar-refractivity contribution in [3.8, 4) is 0 Å².